The maximum atomic E-state index is 12.1. The average Bonchev–Trinajstić information content (AvgIpc) is 2.76. The van der Waals surface area contributed by atoms with E-state index >= 15 is 0 Å². The van der Waals surface area contributed by atoms with Gasteiger partial charge in [0, 0.05) is 18.8 Å². The Kier molecular flexibility index (Phi) is 5.20. The number of nitrogen functional groups attached to an aromatic ring is 1. The zero-order valence-electron chi connectivity index (χ0n) is 12.4. The van der Waals surface area contributed by atoms with Gasteiger partial charge in [0.15, 0.2) is 6.61 Å². The normalized spacial score (nSPS) is 15.4. The van der Waals surface area contributed by atoms with E-state index in [1.165, 1.54) is 0 Å². The molecule has 2 rings (SSSR count). The maximum absolute atomic E-state index is 12.1. The molecule has 1 aromatic rings. The minimum Gasteiger partial charge on any atom is -0.452 e. The Bertz CT molecular complexity index is 520. The molecule has 2 N–H and O–H groups in total. The van der Waals surface area contributed by atoms with Crippen LogP contribution in [0.1, 0.15) is 41.6 Å². The summed E-state index contributed by atoms with van der Waals surface area (Å²) in [4.78, 5) is 25.9. The standard InChI is InChI=1S/C16H22N2O3/c1-12-13(7-6-8-14(12)17)16(20)21-11-15(19)18-9-4-2-3-5-10-18/h6-8H,2-5,9-11,17H2,1H3. The quantitative estimate of drug-likeness (QED) is 0.683. The maximum Gasteiger partial charge on any atom is 0.338 e. The number of rotatable bonds is 3. The summed E-state index contributed by atoms with van der Waals surface area (Å²) in [5.74, 6) is -0.616. The van der Waals surface area contributed by atoms with Gasteiger partial charge in [-0.3, -0.25) is 4.79 Å². The number of likely N-dealkylation sites (tertiary alicyclic amines) is 1. The Hall–Kier alpha value is -2.04. The van der Waals surface area contributed by atoms with E-state index in [2.05, 4.69) is 0 Å². The molecule has 0 aliphatic carbocycles. The Morgan fingerprint density at radius 3 is 2.52 bits per heavy atom. The fraction of sp³-hybridized carbons (Fsp3) is 0.500. The van der Waals surface area contributed by atoms with Gasteiger partial charge in [0.25, 0.3) is 5.91 Å². The van der Waals surface area contributed by atoms with E-state index in [0.29, 0.717) is 16.8 Å². The van der Waals surface area contributed by atoms with Crippen LogP contribution in [0.3, 0.4) is 0 Å². The molecule has 21 heavy (non-hydrogen) atoms. The van der Waals surface area contributed by atoms with Gasteiger partial charge in [-0.25, -0.2) is 4.79 Å². The van der Waals surface area contributed by atoms with Gasteiger partial charge in [0.2, 0.25) is 0 Å². The molecule has 114 valence electrons. The van der Waals surface area contributed by atoms with Gasteiger partial charge in [0.05, 0.1) is 5.56 Å². The van der Waals surface area contributed by atoms with E-state index in [9.17, 15) is 9.59 Å². The van der Waals surface area contributed by atoms with Crippen molar-refractivity contribution in [1.29, 1.82) is 0 Å². The van der Waals surface area contributed by atoms with Gasteiger partial charge in [-0.1, -0.05) is 18.9 Å². The van der Waals surface area contributed by atoms with E-state index < -0.39 is 5.97 Å². The second kappa shape index (κ2) is 7.11. The van der Waals surface area contributed by atoms with Gasteiger partial charge in [-0.15, -0.1) is 0 Å². The molecule has 5 heteroatoms. The lowest BCUT2D eigenvalue weighted by Gasteiger charge is -2.20. The molecule has 0 spiro atoms. The molecule has 0 unspecified atom stereocenters. The van der Waals surface area contributed by atoms with Crippen molar-refractivity contribution in [2.24, 2.45) is 0 Å². The van der Waals surface area contributed by atoms with Gasteiger partial charge in [-0.2, -0.15) is 0 Å². The highest BCUT2D eigenvalue weighted by Crippen LogP contribution is 2.16. The molecular formula is C16H22N2O3. The van der Waals surface area contributed by atoms with Crippen molar-refractivity contribution in [1.82, 2.24) is 4.90 Å². The number of hydrogen-bond acceptors (Lipinski definition) is 4. The van der Waals surface area contributed by atoms with E-state index in [1.807, 2.05) is 0 Å². The highest BCUT2D eigenvalue weighted by molar-refractivity contribution is 5.94. The first-order chi connectivity index (χ1) is 10.1. The zero-order chi connectivity index (χ0) is 15.2. The minimum atomic E-state index is -0.497. The second-order valence-corrected chi connectivity index (χ2v) is 5.39. The average molecular weight is 290 g/mol. The number of benzene rings is 1. The van der Waals surface area contributed by atoms with Crippen LogP contribution in [0.5, 0.6) is 0 Å². The van der Waals surface area contributed by atoms with Crippen LogP contribution in [0.25, 0.3) is 0 Å². The highest BCUT2D eigenvalue weighted by atomic mass is 16.5. The number of amides is 1. The first kappa shape index (κ1) is 15.4. The lowest BCUT2D eigenvalue weighted by atomic mass is 10.1. The molecule has 0 radical (unpaired) electrons. The van der Waals surface area contributed by atoms with Crippen molar-refractivity contribution < 1.29 is 14.3 Å². The number of carbonyl (C=O) groups excluding carboxylic acids is 2. The fourth-order valence-electron chi connectivity index (χ4n) is 2.49. The molecular weight excluding hydrogens is 268 g/mol. The van der Waals surface area contributed by atoms with Gasteiger partial charge in [0.1, 0.15) is 0 Å². The van der Waals surface area contributed by atoms with Crippen molar-refractivity contribution in [3.63, 3.8) is 0 Å². The summed E-state index contributed by atoms with van der Waals surface area (Å²) in [7, 11) is 0. The van der Waals surface area contributed by atoms with Crippen LogP contribution in [0.4, 0.5) is 5.69 Å². The minimum absolute atomic E-state index is 0.119. The summed E-state index contributed by atoms with van der Waals surface area (Å²) in [5.41, 5.74) is 7.41. The third-order valence-corrected chi connectivity index (χ3v) is 3.88. The monoisotopic (exact) mass is 290 g/mol. The lowest BCUT2D eigenvalue weighted by molar-refractivity contribution is -0.134. The number of carbonyl (C=O) groups is 2. The molecule has 5 nitrogen and oxygen atoms in total. The summed E-state index contributed by atoms with van der Waals surface area (Å²) < 4.78 is 5.13. The molecule has 0 aromatic heterocycles. The van der Waals surface area contributed by atoms with Gasteiger partial charge < -0.3 is 15.4 Å². The number of esters is 1. The zero-order valence-corrected chi connectivity index (χ0v) is 12.4. The lowest BCUT2D eigenvalue weighted by Crippen LogP contribution is -2.35. The molecule has 1 aliphatic rings. The molecule has 0 bridgehead atoms. The Balaban J connectivity index is 1.91. The summed E-state index contributed by atoms with van der Waals surface area (Å²) >= 11 is 0. The van der Waals surface area contributed by atoms with Crippen LogP contribution >= 0.6 is 0 Å². The first-order valence-electron chi connectivity index (χ1n) is 7.39. The van der Waals surface area contributed by atoms with Crippen LogP contribution < -0.4 is 5.73 Å². The van der Waals surface area contributed by atoms with Crippen LogP contribution in [-0.2, 0) is 9.53 Å². The Labute approximate surface area is 125 Å². The number of nitrogens with two attached hydrogens (primary N) is 1. The second-order valence-electron chi connectivity index (χ2n) is 5.39. The molecule has 1 fully saturated rings. The third-order valence-electron chi connectivity index (χ3n) is 3.88. The number of ether oxygens (including phenoxy) is 1. The van der Waals surface area contributed by atoms with Crippen molar-refractivity contribution in [3.8, 4) is 0 Å². The molecule has 1 saturated heterocycles. The predicted octanol–water partition coefficient (Wildman–Crippen LogP) is 2.14. The third kappa shape index (κ3) is 3.97. The number of nitrogens with zero attached hydrogens (tertiary/aromatic N) is 1. The summed E-state index contributed by atoms with van der Waals surface area (Å²) in [5, 5.41) is 0. The van der Waals surface area contributed by atoms with E-state index in [0.717, 1.165) is 38.8 Å². The van der Waals surface area contributed by atoms with Crippen LogP contribution in [0, 0.1) is 6.92 Å². The van der Waals surface area contributed by atoms with Crippen molar-refractivity contribution >= 4 is 17.6 Å². The Morgan fingerprint density at radius 1 is 1.19 bits per heavy atom. The van der Waals surface area contributed by atoms with Crippen molar-refractivity contribution in [2.75, 3.05) is 25.4 Å². The molecule has 0 atom stereocenters. The highest BCUT2D eigenvalue weighted by Gasteiger charge is 2.18. The molecule has 1 aliphatic heterocycles. The summed E-state index contributed by atoms with van der Waals surface area (Å²) in [6.07, 6.45) is 4.36. The molecule has 1 amide bonds. The van der Waals surface area contributed by atoms with E-state index in [4.69, 9.17) is 10.5 Å². The first-order valence-corrected chi connectivity index (χ1v) is 7.39. The topological polar surface area (TPSA) is 72.6 Å². The van der Waals surface area contributed by atoms with Crippen molar-refractivity contribution in [3.05, 3.63) is 29.3 Å². The van der Waals surface area contributed by atoms with Gasteiger partial charge >= 0.3 is 5.97 Å². The Morgan fingerprint density at radius 2 is 1.86 bits per heavy atom. The molecule has 1 heterocycles. The summed E-state index contributed by atoms with van der Waals surface area (Å²) in [6, 6.07) is 5.09. The smallest absolute Gasteiger partial charge is 0.338 e. The molecule has 1 aromatic carbocycles. The summed E-state index contributed by atoms with van der Waals surface area (Å²) in [6.45, 7) is 3.08. The molecule has 0 saturated carbocycles. The number of anilines is 1. The largest absolute Gasteiger partial charge is 0.452 e. The van der Waals surface area contributed by atoms with Crippen LogP contribution in [-0.4, -0.2) is 36.5 Å². The predicted molar refractivity (Wildman–Crippen MR) is 80.9 cm³/mol. The van der Waals surface area contributed by atoms with Crippen LogP contribution in [0.2, 0.25) is 0 Å². The van der Waals surface area contributed by atoms with E-state index in [-0.39, 0.29) is 12.5 Å². The SMILES string of the molecule is Cc1c(N)cccc1C(=O)OCC(=O)N1CCCCCC1. The van der Waals surface area contributed by atoms with Crippen LogP contribution in [0.15, 0.2) is 18.2 Å². The number of hydrogen-bond donors (Lipinski definition) is 1. The van der Waals surface area contributed by atoms with Crippen molar-refractivity contribution in [2.45, 2.75) is 32.6 Å². The fourth-order valence-corrected chi connectivity index (χ4v) is 2.49. The van der Waals surface area contributed by atoms with E-state index in [1.54, 1.807) is 30.0 Å². The van der Waals surface area contributed by atoms with Gasteiger partial charge in [-0.05, 0) is 37.5 Å².